The van der Waals surface area contributed by atoms with Crippen molar-refractivity contribution < 1.29 is 9.53 Å². The lowest BCUT2D eigenvalue weighted by atomic mass is 10.0. The third-order valence-electron chi connectivity index (χ3n) is 4.29. The first-order valence-corrected chi connectivity index (χ1v) is 8.57. The second kappa shape index (κ2) is 7.97. The standard InChI is InChI=1S/C21H23N3O2/c1-15-8-7-9-16(2)20(15)21(25)22-19-12-18(24(3)23-19)14-26-13-17-10-5-4-6-11-17/h4-12H,13-14H2,1-3H3,(H,22,23,25). The molecular formula is C21H23N3O2. The smallest absolute Gasteiger partial charge is 0.257 e. The summed E-state index contributed by atoms with van der Waals surface area (Å²) >= 11 is 0. The average Bonchev–Trinajstić information content (AvgIpc) is 2.95. The van der Waals surface area contributed by atoms with Gasteiger partial charge in [0.2, 0.25) is 0 Å². The molecule has 26 heavy (non-hydrogen) atoms. The first kappa shape index (κ1) is 17.9. The molecule has 0 saturated heterocycles. The SMILES string of the molecule is Cc1cccc(C)c1C(=O)Nc1cc(COCc2ccccc2)n(C)n1. The van der Waals surface area contributed by atoms with E-state index in [1.54, 1.807) is 4.68 Å². The third-order valence-corrected chi connectivity index (χ3v) is 4.29. The van der Waals surface area contributed by atoms with Crippen LogP contribution in [-0.2, 0) is 25.0 Å². The molecule has 0 spiro atoms. The maximum absolute atomic E-state index is 12.6. The molecule has 1 heterocycles. The van der Waals surface area contributed by atoms with E-state index in [4.69, 9.17) is 4.74 Å². The average molecular weight is 349 g/mol. The van der Waals surface area contributed by atoms with Crippen LogP contribution in [0, 0.1) is 13.8 Å². The Bertz CT molecular complexity index is 881. The zero-order valence-electron chi connectivity index (χ0n) is 15.3. The number of nitrogens with zero attached hydrogens (tertiary/aromatic N) is 2. The number of aryl methyl sites for hydroxylation is 3. The molecule has 0 unspecified atom stereocenters. The van der Waals surface area contributed by atoms with Gasteiger partial charge in [0.1, 0.15) is 0 Å². The summed E-state index contributed by atoms with van der Waals surface area (Å²) < 4.78 is 7.48. The number of nitrogens with one attached hydrogen (secondary N) is 1. The van der Waals surface area contributed by atoms with E-state index in [0.717, 1.165) is 22.4 Å². The van der Waals surface area contributed by atoms with E-state index in [0.29, 0.717) is 24.6 Å². The molecule has 134 valence electrons. The highest BCUT2D eigenvalue weighted by Gasteiger charge is 2.14. The number of carbonyl (C=O) groups excluding carboxylic acids is 1. The Morgan fingerprint density at radius 1 is 1.04 bits per heavy atom. The van der Waals surface area contributed by atoms with Crippen LogP contribution in [0.2, 0.25) is 0 Å². The van der Waals surface area contributed by atoms with Crippen molar-refractivity contribution in [1.82, 2.24) is 9.78 Å². The summed E-state index contributed by atoms with van der Waals surface area (Å²) in [6.45, 7) is 4.83. The summed E-state index contributed by atoms with van der Waals surface area (Å²) in [5.74, 6) is 0.383. The topological polar surface area (TPSA) is 56.1 Å². The first-order valence-electron chi connectivity index (χ1n) is 8.57. The quantitative estimate of drug-likeness (QED) is 0.732. The number of rotatable bonds is 6. The highest BCUT2D eigenvalue weighted by molar-refractivity contribution is 6.05. The molecule has 5 nitrogen and oxygen atoms in total. The van der Waals surface area contributed by atoms with Gasteiger partial charge in [-0.3, -0.25) is 9.48 Å². The Balaban J connectivity index is 1.63. The number of amides is 1. The highest BCUT2D eigenvalue weighted by atomic mass is 16.5. The van der Waals surface area contributed by atoms with E-state index in [1.165, 1.54) is 0 Å². The first-order chi connectivity index (χ1) is 12.5. The van der Waals surface area contributed by atoms with Gasteiger partial charge in [0.15, 0.2) is 5.82 Å². The molecule has 0 radical (unpaired) electrons. The van der Waals surface area contributed by atoms with Crippen LogP contribution in [0.5, 0.6) is 0 Å². The highest BCUT2D eigenvalue weighted by Crippen LogP contribution is 2.17. The van der Waals surface area contributed by atoms with Crippen LogP contribution in [0.25, 0.3) is 0 Å². The maximum Gasteiger partial charge on any atom is 0.257 e. The molecule has 2 aromatic carbocycles. The zero-order valence-corrected chi connectivity index (χ0v) is 15.3. The molecular weight excluding hydrogens is 326 g/mol. The predicted molar refractivity (Wildman–Crippen MR) is 102 cm³/mol. The van der Waals surface area contributed by atoms with Gasteiger partial charge in [-0.2, -0.15) is 5.10 Å². The Morgan fingerprint density at radius 3 is 2.42 bits per heavy atom. The van der Waals surface area contributed by atoms with Crippen LogP contribution in [-0.4, -0.2) is 15.7 Å². The molecule has 0 aliphatic heterocycles. The number of carbonyl (C=O) groups is 1. The Hall–Kier alpha value is -2.92. The number of hydrogen-bond acceptors (Lipinski definition) is 3. The van der Waals surface area contributed by atoms with Crippen molar-refractivity contribution in [2.75, 3.05) is 5.32 Å². The van der Waals surface area contributed by atoms with Crippen molar-refractivity contribution in [2.24, 2.45) is 7.05 Å². The van der Waals surface area contributed by atoms with Gasteiger partial charge in [-0.15, -0.1) is 0 Å². The Morgan fingerprint density at radius 2 is 1.73 bits per heavy atom. The molecule has 3 rings (SSSR count). The fraction of sp³-hybridized carbons (Fsp3) is 0.238. The molecule has 1 amide bonds. The molecule has 0 fully saturated rings. The molecule has 0 aliphatic rings. The molecule has 1 N–H and O–H groups in total. The third kappa shape index (κ3) is 4.18. The molecule has 5 heteroatoms. The van der Waals surface area contributed by atoms with Gasteiger partial charge < -0.3 is 10.1 Å². The molecule has 1 aromatic heterocycles. The van der Waals surface area contributed by atoms with Crippen LogP contribution in [0.15, 0.2) is 54.6 Å². The van der Waals surface area contributed by atoms with Crippen molar-refractivity contribution in [1.29, 1.82) is 0 Å². The number of anilines is 1. The van der Waals surface area contributed by atoms with E-state index in [-0.39, 0.29) is 5.91 Å². The second-order valence-corrected chi connectivity index (χ2v) is 6.34. The van der Waals surface area contributed by atoms with Gasteiger partial charge in [0.05, 0.1) is 18.9 Å². The summed E-state index contributed by atoms with van der Waals surface area (Å²) in [5.41, 5.74) is 4.62. The molecule has 0 bridgehead atoms. The van der Waals surface area contributed by atoms with Crippen LogP contribution in [0.3, 0.4) is 0 Å². The van der Waals surface area contributed by atoms with E-state index in [9.17, 15) is 4.79 Å². The van der Waals surface area contributed by atoms with E-state index >= 15 is 0 Å². The summed E-state index contributed by atoms with van der Waals surface area (Å²) in [7, 11) is 1.84. The predicted octanol–water partition coefficient (Wildman–Crippen LogP) is 4.01. The molecule has 0 saturated carbocycles. The van der Waals surface area contributed by atoms with E-state index in [1.807, 2.05) is 75.5 Å². The van der Waals surface area contributed by atoms with Gasteiger partial charge in [0.25, 0.3) is 5.91 Å². The summed E-state index contributed by atoms with van der Waals surface area (Å²) in [6.07, 6.45) is 0. The lowest BCUT2D eigenvalue weighted by molar-refractivity contribution is 0.102. The largest absolute Gasteiger partial charge is 0.370 e. The van der Waals surface area contributed by atoms with E-state index < -0.39 is 0 Å². The van der Waals surface area contributed by atoms with Crippen molar-refractivity contribution in [3.8, 4) is 0 Å². The number of benzene rings is 2. The number of aromatic nitrogens is 2. The van der Waals surface area contributed by atoms with Crippen molar-refractivity contribution in [2.45, 2.75) is 27.1 Å². The van der Waals surface area contributed by atoms with Crippen molar-refractivity contribution in [3.05, 3.63) is 82.5 Å². The lowest BCUT2D eigenvalue weighted by Gasteiger charge is -2.08. The van der Waals surface area contributed by atoms with Crippen molar-refractivity contribution in [3.63, 3.8) is 0 Å². The zero-order chi connectivity index (χ0) is 18.5. The Labute approximate surface area is 153 Å². The van der Waals surface area contributed by atoms with Gasteiger partial charge >= 0.3 is 0 Å². The van der Waals surface area contributed by atoms with Gasteiger partial charge in [-0.05, 0) is 30.5 Å². The van der Waals surface area contributed by atoms with Gasteiger partial charge in [0, 0.05) is 18.7 Å². The molecule has 0 atom stereocenters. The van der Waals surface area contributed by atoms with Crippen LogP contribution >= 0.6 is 0 Å². The molecule has 0 aliphatic carbocycles. The molecule has 3 aromatic rings. The van der Waals surface area contributed by atoms with Crippen LogP contribution < -0.4 is 5.32 Å². The number of hydrogen-bond donors (Lipinski definition) is 1. The Kier molecular flexibility index (Phi) is 5.49. The normalized spacial score (nSPS) is 10.7. The van der Waals surface area contributed by atoms with Crippen LogP contribution in [0.4, 0.5) is 5.82 Å². The van der Waals surface area contributed by atoms with Gasteiger partial charge in [-0.25, -0.2) is 0 Å². The van der Waals surface area contributed by atoms with Crippen molar-refractivity contribution >= 4 is 11.7 Å². The summed E-state index contributed by atoms with van der Waals surface area (Å²) in [6, 6.07) is 17.7. The van der Waals surface area contributed by atoms with Gasteiger partial charge in [-0.1, -0.05) is 48.5 Å². The summed E-state index contributed by atoms with van der Waals surface area (Å²) in [5, 5.41) is 7.25. The monoisotopic (exact) mass is 349 g/mol. The van der Waals surface area contributed by atoms with E-state index in [2.05, 4.69) is 10.4 Å². The minimum Gasteiger partial charge on any atom is -0.370 e. The minimum atomic E-state index is -0.143. The van der Waals surface area contributed by atoms with Crippen LogP contribution in [0.1, 0.15) is 32.7 Å². The fourth-order valence-electron chi connectivity index (χ4n) is 2.90. The second-order valence-electron chi connectivity index (χ2n) is 6.34. The minimum absolute atomic E-state index is 0.143. The number of ether oxygens (including phenoxy) is 1. The maximum atomic E-state index is 12.6. The lowest BCUT2D eigenvalue weighted by Crippen LogP contribution is -2.15. The summed E-state index contributed by atoms with van der Waals surface area (Å²) in [4.78, 5) is 12.6. The fourth-order valence-corrected chi connectivity index (χ4v) is 2.90.